The van der Waals surface area contributed by atoms with E-state index in [1.54, 1.807) is 36.5 Å². The maximum atomic E-state index is 12.1. The normalized spacial score (nSPS) is 19.7. The van der Waals surface area contributed by atoms with Crippen LogP contribution in [-0.4, -0.2) is 8.42 Å². The second-order valence-electron chi connectivity index (χ2n) is 3.33. The van der Waals surface area contributed by atoms with Gasteiger partial charge in [-0.3, -0.25) is 0 Å². The molecule has 0 saturated heterocycles. The first-order valence-corrected chi connectivity index (χ1v) is 5.92. The van der Waals surface area contributed by atoms with Crippen LogP contribution >= 0.6 is 0 Å². The first-order chi connectivity index (χ1) is 7.03. The molecule has 0 aromatic carbocycles. The van der Waals surface area contributed by atoms with Gasteiger partial charge in [-0.15, -0.1) is 0 Å². The molecule has 0 aromatic rings. The lowest BCUT2D eigenvalue weighted by Crippen LogP contribution is -2.07. The highest BCUT2D eigenvalue weighted by atomic mass is 32.2. The van der Waals surface area contributed by atoms with Crippen molar-refractivity contribution >= 4 is 9.84 Å². The predicted molar refractivity (Wildman–Crippen MR) is 61.6 cm³/mol. The van der Waals surface area contributed by atoms with E-state index in [2.05, 4.69) is 13.2 Å². The second kappa shape index (κ2) is 3.21. The van der Waals surface area contributed by atoms with Gasteiger partial charge in [0.25, 0.3) is 0 Å². The molecule has 3 heteroatoms. The van der Waals surface area contributed by atoms with Gasteiger partial charge < -0.3 is 0 Å². The topological polar surface area (TPSA) is 34.1 Å². The second-order valence-corrected chi connectivity index (χ2v) is 5.22. The molecule has 0 N–H and O–H groups in total. The summed E-state index contributed by atoms with van der Waals surface area (Å²) in [5, 5.41) is 0. The molecule has 0 atom stereocenters. The van der Waals surface area contributed by atoms with Crippen molar-refractivity contribution in [1.29, 1.82) is 0 Å². The molecule has 2 rings (SSSR count). The fraction of sp³-hybridized carbons (Fsp3) is 0. The Hall–Kier alpha value is -1.61. The van der Waals surface area contributed by atoms with Crippen molar-refractivity contribution in [2.75, 3.05) is 0 Å². The number of allylic oxidation sites excluding steroid dienone is 8. The van der Waals surface area contributed by atoms with Gasteiger partial charge in [-0.25, -0.2) is 8.42 Å². The van der Waals surface area contributed by atoms with Crippen LogP contribution in [0.1, 0.15) is 0 Å². The molecular weight excluding hydrogens is 208 g/mol. The average Bonchev–Trinajstić information content (AvgIpc) is 2.73. The Morgan fingerprint density at radius 3 is 1.53 bits per heavy atom. The summed E-state index contributed by atoms with van der Waals surface area (Å²) < 4.78 is 24.2. The molecule has 0 unspecified atom stereocenters. The maximum Gasteiger partial charge on any atom is 0.207 e. The van der Waals surface area contributed by atoms with Gasteiger partial charge in [0.15, 0.2) is 0 Å². The van der Waals surface area contributed by atoms with Crippen LogP contribution in [0.25, 0.3) is 0 Å². The van der Waals surface area contributed by atoms with Crippen molar-refractivity contribution < 1.29 is 8.42 Å². The van der Waals surface area contributed by atoms with Crippen molar-refractivity contribution in [3.8, 4) is 0 Å². The lowest BCUT2D eigenvalue weighted by molar-refractivity contribution is 0.609. The summed E-state index contributed by atoms with van der Waals surface area (Å²) in [4.78, 5) is 0.525. The largest absolute Gasteiger partial charge is 0.218 e. The molecular formula is C12H10O2S. The van der Waals surface area contributed by atoms with Crippen LogP contribution in [0.3, 0.4) is 0 Å². The molecule has 0 heterocycles. The van der Waals surface area contributed by atoms with E-state index in [1.165, 1.54) is 0 Å². The number of hydrogen-bond donors (Lipinski definition) is 0. The van der Waals surface area contributed by atoms with E-state index in [0.29, 0.717) is 11.1 Å². The fourth-order valence-electron chi connectivity index (χ4n) is 1.52. The SMILES string of the molecule is C=C1C=CC=C1S(=O)(=O)C1=CC=CC1=C. The van der Waals surface area contributed by atoms with Crippen LogP contribution in [0, 0.1) is 0 Å². The van der Waals surface area contributed by atoms with Crippen molar-refractivity contribution in [2.24, 2.45) is 0 Å². The van der Waals surface area contributed by atoms with Gasteiger partial charge in [-0.05, 0) is 23.3 Å². The third kappa shape index (κ3) is 1.45. The summed E-state index contributed by atoms with van der Waals surface area (Å²) >= 11 is 0. The summed E-state index contributed by atoms with van der Waals surface area (Å²) in [5.74, 6) is 0. The van der Waals surface area contributed by atoms with Crippen LogP contribution in [0.5, 0.6) is 0 Å². The molecule has 0 radical (unpaired) electrons. The first kappa shape index (κ1) is 9.93. The van der Waals surface area contributed by atoms with Crippen LogP contribution in [0.15, 0.2) is 70.6 Å². The van der Waals surface area contributed by atoms with E-state index in [-0.39, 0.29) is 9.81 Å². The molecule has 0 spiro atoms. The zero-order valence-electron chi connectivity index (χ0n) is 8.10. The third-order valence-electron chi connectivity index (χ3n) is 2.30. The first-order valence-electron chi connectivity index (χ1n) is 4.44. The van der Waals surface area contributed by atoms with Crippen molar-refractivity contribution in [3.05, 3.63) is 70.6 Å². The van der Waals surface area contributed by atoms with Gasteiger partial charge in [-0.2, -0.15) is 0 Å². The van der Waals surface area contributed by atoms with E-state index < -0.39 is 9.84 Å². The number of sulfone groups is 1. The highest BCUT2D eigenvalue weighted by Gasteiger charge is 2.27. The third-order valence-corrected chi connectivity index (χ3v) is 4.26. The van der Waals surface area contributed by atoms with Gasteiger partial charge in [0, 0.05) is 0 Å². The van der Waals surface area contributed by atoms with Gasteiger partial charge >= 0.3 is 0 Å². The monoisotopic (exact) mass is 218 g/mol. The summed E-state index contributed by atoms with van der Waals surface area (Å²) in [6, 6.07) is 0. The van der Waals surface area contributed by atoms with E-state index in [1.807, 2.05) is 0 Å². The average molecular weight is 218 g/mol. The van der Waals surface area contributed by atoms with Crippen LogP contribution in [0.2, 0.25) is 0 Å². The van der Waals surface area contributed by atoms with Gasteiger partial charge in [0.1, 0.15) is 0 Å². The molecule has 0 bridgehead atoms. The molecule has 76 valence electrons. The molecule has 0 fully saturated rings. The van der Waals surface area contributed by atoms with Crippen LogP contribution in [0.4, 0.5) is 0 Å². The standard InChI is InChI=1S/C12H10O2S/c1-9-5-3-7-11(9)15(13,14)12-8-4-6-10(12)2/h3-8H,1-2H2. The molecule has 2 aliphatic rings. The fourth-order valence-corrected chi connectivity index (χ4v) is 3.10. The van der Waals surface area contributed by atoms with Gasteiger partial charge in [0.05, 0.1) is 9.81 Å². The van der Waals surface area contributed by atoms with E-state index >= 15 is 0 Å². The zero-order valence-corrected chi connectivity index (χ0v) is 8.92. The minimum Gasteiger partial charge on any atom is -0.218 e. The lowest BCUT2D eigenvalue weighted by atomic mass is 10.3. The van der Waals surface area contributed by atoms with Crippen molar-refractivity contribution in [2.45, 2.75) is 0 Å². The van der Waals surface area contributed by atoms with Gasteiger partial charge in [-0.1, -0.05) is 37.5 Å². The van der Waals surface area contributed by atoms with Gasteiger partial charge in [0.2, 0.25) is 9.84 Å². The molecule has 2 nitrogen and oxygen atoms in total. The Bertz CT molecular complexity index is 521. The highest BCUT2D eigenvalue weighted by molar-refractivity contribution is 7.99. The molecule has 0 amide bonds. The number of hydrogen-bond acceptors (Lipinski definition) is 2. The maximum absolute atomic E-state index is 12.1. The van der Waals surface area contributed by atoms with E-state index in [9.17, 15) is 8.42 Å². The van der Waals surface area contributed by atoms with Crippen LogP contribution in [-0.2, 0) is 9.84 Å². The van der Waals surface area contributed by atoms with E-state index in [4.69, 9.17) is 0 Å². The highest BCUT2D eigenvalue weighted by Crippen LogP contribution is 2.32. The Morgan fingerprint density at radius 2 is 1.27 bits per heavy atom. The Kier molecular flexibility index (Phi) is 2.12. The molecule has 0 aromatic heterocycles. The summed E-state index contributed by atoms with van der Waals surface area (Å²) in [6.07, 6.45) is 9.84. The molecule has 2 aliphatic carbocycles. The number of rotatable bonds is 2. The molecule has 0 aliphatic heterocycles. The Morgan fingerprint density at radius 1 is 0.867 bits per heavy atom. The zero-order chi connectivity index (χ0) is 11.1. The summed E-state index contributed by atoms with van der Waals surface area (Å²) in [5.41, 5.74) is 1.05. The molecule has 15 heavy (non-hydrogen) atoms. The van der Waals surface area contributed by atoms with E-state index in [0.717, 1.165) is 0 Å². The smallest absolute Gasteiger partial charge is 0.207 e. The minimum atomic E-state index is -3.44. The minimum absolute atomic E-state index is 0.263. The lowest BCUT2D eigenvalue weighted by Gasteiger charge is -2.08. The Balaban J connectivity index is 2.47. The predicted octanol–water partition coefficient (Wildman–Crippen LogP) is 2.42. The van der Waals surface area contributed by atoms with Crippen LogP contribution < -0.4 is 0 Å². The Labute approximate surface area is 89.2 Å². The van der Waals surface area contributed by atoms with Crippen molar-refractivity contribution in [1.82, 2.24) is 0 Å². The van der Waals surface area contributed by atoms with Crippen molar-refractivity contribution in [3.63, 3.8) is 0 Å². The molecule has 0 saturated carbocycles. The summed E-state index contributed by atoms with van der Waals surface area (Å²) in [7, 11) is -3.44. The quantitative estimate of drug-likeness (QED) is 0.713. The summed E-state index contributed by atoms with van der Waals surface area (Å²) in [6.45, 7) is 7.37.